The average Bonchev–Trinajstić information content (AvgIpc) is 3.50. The third-order valence-electron chi connectivity index (χ3n) is 6.54. The first kappa shape index (κ1) is 24.7. The number of anilines is 1. The number of aliphatic hydroxyl groups is 1. The highest BCUT2D eigenvalue weighted by molar-refractivity contribution is 7.22. The fourth-order valence-corrected chi connectivity index (χ4v) is 5.78. The monoisotopic (exact) mass is 544 g/mol. The fraction of sp³-hybridized carbons (Fsp3) is 0.207. The zero-order valence-electron chi connectivity index (χ0n) is 21.2. The van der Waals surface area contributed by atoms with Gasteiger partial charge in [-0.25, -0.2) is 4.98 Å². The summed E-state index contributed by atoms with van der Waals surface area (Å²) in [5.74, 6) is 0.307. The lowest BCUT2D eigenvalue weighted by atomic mass is 9.95. The minimum absolute atomic E-state index is 0.0563. The maximum absolute atomic E-state index is 13.6. The van der Waals surface area contributed by atoms with Gasteiger partial charge in [-0.3, -0.25) is 14.5 Å². The molecule has 2 aliphatic rings. The lowest BCUT2D eigenvalue weighted by molar-refractivity contribution is -0.132. The Morgan fingerprint density at radius 2 is 1.87 bits per heavy atom. The van der Waals surface area contributed by atoms with Gasteiger partial charge in [-0.1, -0.05) is 23.5 Å². The van der Waals surface area contributed by atoms with Crippen LogP contribution in [-0.4, -0.2) is 48.7 Å². The summed E-state index contributed by atoms with van der Waals surface area (Å²) in [7, 11) is 1.54. The van der Waals surface area contributed by atoms with Crippen molar-refractivity contribution in [2.45, 2.75) is 13.0 Å². The summed E-state index contributed by atoms with van der Waals surface area (Å²) in [6.07, 6.45) is 0. The number of carbonyl (C=O) groups is 2. The molecule has 3 heterocycles. The molecule has 1 saturated heterocycles. The summed E-state index contributed by atoms with van der Waals surface area (Å²) in [6, 6.07) is 16.5. The third-order valence-corrected chi connectivity index (χ3v) is 7.55. The zero-order valence-corrected chi connectivity index (χ0v) is 22.0. The van der Waals surface area contributed by atoms with Gasteiger partial charge >= 0.3 is 5.91 Å². The number of benzene rings is 3. The van der Waals surface area contributed by atoms with Crippen LogP contribution in [0.2, 0.25) is 0 Å². The Morgan fingerprint density at radius 1 is 1.05 bits per heavy atom. The highest BCUT2D eigenvalue weighted by atomic mass is 32.1. The maximum atomic E-state index is 13.6. The van der Waals surface area contributed by atoms with E-state index in [9.17, 15) is 14.7 Å². The fourth-order valence-electron chi connectivity index (χ4n) is 4.76. The predicted molar refractivity (Wildman–Crippen MR) is 146 cm³/mol. The van der Waals surface area contributed by atoms with Crippen molar-refractivity contribution in [2.24, 2.45) is 0 Å². The number of nitrogens with zero attached hydrogens (tertiary/aromatic N) is 2. The number of aliphatic hydroxyl groups excluding tert-OH is 1. The first-order valence-corrected chi connectivity index (χ1v) is 13.2. The van der Waals surface area contributed by atoms with E-state index in [2.05, 4.69) is 4.98 Å². The van der Waals surface area contributed by atoms with Crippen LogP contribution in [0.5, 0.6) is 23.0 Å². The Kier molecular flexibility index (Phi) is 6.32. The van der Waals surface area contributed by atoms with Crippen molar-refractivity contribution in [2.75, 3.05) is 31.8 Å². The van der Waals surface area contributed by atoms with E-state index in [1.54, 1.807) is 42.5 Å². The number of ether oxygens (including phenoxy) is 4. The molecule has 0 unspecified atom stereocenters. The molecule has 1 atom stereocenters. The van der Waals surface area contributed by atoms with E-state index in [-0.39, 0.29) is 11.3 Å². The van der Waals surface area contributed by atoms with Gasteiger partial charge < -0.3 is 24.1 Å². The minimum Gasteiger partial charge on any atom is -0.507 e. The van der Waals surface area contributed by atoms with Crippen molar-refractivity contribution >= 4 is 44.1 Å². The molecular weight excluding hydrogens is 520 g/mol. The van der Waals surface area contributed by atoms with Gasteiger partial charge in [0.25, 0.3) is 5.78 Å². The molecule has 10 heteroatoms. The van der Waals surface area contributed by atoms with Gasteiger partial charge in [-0.05, 0) is 61.0 Å². The number of thiazole rings is 1. The van der Waals surface area contributed by atoms with Gasteiger partial charge in [-0.15, -0.1) is 0 Å². The average molecular weight is 545 g/mol. The molecule has 1 fully saturated rings. The van der Waals surface area contributed by atoms with E-state index in [1.807, 2.05) is 25.1 Å². The molecule has 39 heavy (non-hydrogen) atoms. The molecule has 0 bridgehead atoms. The van der Waals surface area contributed by atoms with Crippen molar-refractivity contribution in [3.63, 3.8) is 0 Å². The first-order valence-electron chi connectivity index (χ1n) is 12.4. The van der Waals surface area contributed by atoms with Crippen LogP contribution < -0.4 is 23.8 Å². The van der Waals surface area contributed by atoms with Crippen LogP contribution in [0.1, 0.15) is 24.1 Å². The minimum atomic E-state index is -0.944. The molecular formula is C29H24N2O7S. The van der Waals surface area contributed by atoms with E-state index in [1.165, 1.54) is 23.3 Å². The molecule has 0 saturated carbocycles. The van der Waals surface area contributed by atoms with E-state index in [0.29, 0.717) is 64.6 Å². The van der Waals surface area contributed by atoms with E-state index in [4.69, 9.17) is 18.9 Å². The lowest BCUT2D eigenvalue weighted by Crippen LogP contribution is -2.29. The van der Waals surface area contributed by atoms with Gasteiger partial charge in [0.05, 0.1) is 35.5 Å². The maximum Gasteiger partial charge on any atom is 0.301 e. The smallest absolute Gasteiger partial charge is 0.301 e. The van der Waals surface area contributed by atoms with Crippen LogP contribution in [0, 0.1) is 0 Å². The molecule has 4 aromatic rings. The van der Waals surface area contributed by atoms with Crippen molar-refractivity contribution in [1.82, 2.24) is 4.98 Å². The Hall–Kier alpha value is -4.57. The number of hydrogen-bond donors (Lipinski definition) is 1. The number of methoxy groups -OCH3 is 1. The molecule has 198 valence electrons. The first-order chi connectivity index (χ1) is 19.0. The Labute approximate surface area is 227 Å². The SMILES string of the molecule is CCOc1ccc2nc(N3C(=O)C(=O)/C(=C(/O)c4ccc5c(c4)OCCO5)[C@H]3c3cccc(OC)c3)sc2c1. The van der Waals surface area contributed by atoms with Gasteiger partial charge in [0.15, 0.2) is 16.6 Å². The van der Waals surface area contributed by atoms with Crippen molar-refractivity contribution in [1.29, 1.82) is 0 Å². The largest absolute Gasteiger partial charge is 0.507 e. The van der Waals surface area contributed by atoms with E-state index >= 15 is 0 Å². The second-order valence-electron chi connectivity index (χ2n) is 8.86. The summed E-state index contributed by atoms with van der Waals surface area (Å²) in [5.41, 5.74) is 1.52. The molecule has 0 spiro atoms. The van der Waals surface area contributed by atoms with Crippen LogP contribution in [0.3, 0.4) is 0 Å². The summed E-state index contributed by atoms with van der Waals surface area (Å²) >= 11 is 1.27. The van der Waals surface area contributed by atoms with Crippen LogP contribution in [0.15, 0.2) is 66.2 Å². The van der Waals surface area contributed by atoms with Crippen LogP contribution in [0.25, 0.3) is 16.0 Å². The number of hydrogen-bond acceptors (Lipinski definition) is 9. The van der Waals surface area contributed by atoms with Crippen LogP contribution >= 0.6 is 11.3 Å². The molecule has 0 aliphatic carbocycles. The molecule has 9 nitrogen and oxygen atoms in total. The standard InChI is InChI=1S/C29H24N2O7S/c1-3-36-19-8-9-20-23(15-19)39-29(30-20)31-25(16-5-4-6-18(13-16)35-2)24(27(33)28(31)34)26(32)17-7-10-21-22(14-17)38-12-11-37-21/h4-10,13-15,25,32H,3,11-12H2,1-2H3/b26-24+/t25-/m1/s1. The predicted octanol–water partition coefficient (Wildman–Crippen LogP) is 5.10. The number of ketones is 1. The number of rotatable bonds is 6. The van der Waals surface area contributed by atoms with Crippen LogP contribution in [0.4, 0.5) is 5.13 Å². The number of aromatic nitrogens is 1. The normalized spacial score (nSPS) is 18.0. The topological polar surface area (TPSA) is 107 Å². The summed E-state index contributed by atoms with van der Waals surface area (Å²) < 4.78 is 23.1. The Bertz CT molecular complexity index is 1640. The number of fused-ring (bicyclic) bond motifs is 2. The summed E-state index contributed by atoms with van der Waals surface area (Å²) in [4.78, 5) is 33.1. The van der Waals surface area contributed by atoms with Crippen molar-refractivity contribution < 1.29 is 33.6 Å². The number of carbonyl (C=O) groups excluding carboxylic acids is 2. The highest BCUT2D eigenvalue weighted by Gasteiger charge is 2.48. The molecule has 1 N–H and O–H groups in total. The third kappa shape index (κ3) is 4.32. The second-order valence-corrected chi connectivity index (χ2v) is 9.87. The van der Waals surface area contributed by atoms with Gasteiger partial charge in [0.1, 0.15) is 30.5 Å². The van der Waals surface area contributed by atoms with E-state index < -0.39 is 17.7 Å². The van der Waals surface area contributed by atoms with Crippen LogP contribution in [-0.2, 0) is 9.59 Å². The molecule has 0 radical (unpaired) electrons. The van der Waals surface area contributed by atoms with Gasteiger partial charge in [-0.2, -0.15) is 0 Å². The Morgan fingerprint density at radius 3 is 2.67 bits per heavy atom. The van der Waals surface area contributed by atoms with Gasteiger partial charge in [0, 0.05) is 5.56 Å². The number of amides is 1. The zero-order chi connectivity index (χ0) is 27.1. The molecule has 1 amide bonds. The second kappa shape index (κ2) is 9.95. The summed E-state index contributed by atoms with van der Waals surface area (Å²) in [5, 5.41) is 11.8. The highest BCUT2D eigenvalue weighted by Crippen LogP contribution is 2.45. The van der Waals surface area contributed by atoms with E-state index in [0.717, 1.165) is 4.70 Å². The van der Waals surface area contributed by atoms with Crippen molar-refractivity contribution in [3.8, 4) is 23.0 Å². The lowest BCUT2D eigenvalue weighted by Gasteiger charge is -2.23. The van der Waals surface area contributed by atoms with Gasteiger partial charge in [0.2, 0.25) is 0 Å². The number of Topliss-reactive ketones (excluding diaryl/α,β-unsaturated/α-hetero) is 1. The Balaban J connectivity index is 1.52. The summed E-state index contributed by atoms with van der Waals surface area (Å²) in [6.45, 7) is 3.21. The molecule has 1 aromatic heterocycles. The molecule has 3 aromatic carbocycles. The molecule has 6 rings (SSSR count). The van der Waals surface area contributed by atoms with Crippen molar-refractivity contribution in [3.05, 3.63) is 77.4 Å². The quantitative estimate of drug-likeness (QED) is 0.203. The molecule has 2 aliphatic heterocycles.